The van der Waals surface area contributed by atoms with Gasteiger partial charge in [-0.25, -0.2) is 0 Å². The van der Waals surface area contributed by atoms with E-state index < -0.39 is 8.80 Å². The molecule has 1 aliphatic rings. The Morgan fingerprint density at radius 3 is 2.24 bits per heavy atom. The van der Waals surface area contributed by atoms with Crippen molar-refractivity contribution in [1.29, 1.82) is 0 Å². The van der Waals surface area contributed by atoms with Crippen molar-refractivity contribution in [3.05, 3.63) is 47.5 Å². The van der Waals surface area contributed by atoms with Gasteiger partial charge in [0.05, 0.1) is 5.19 Å². The molecule has 0 fully saturated rings. The van der Waals surface area contributed by atoms with Crippen molar-refractivity contribution in [2.24, 2.45) is 0 Å². The van der Waals surface area contributed by atoms with Crippen LogP contribution in [0.1, 0.15) is 11.1 Å². The van der Waals surface area contributed by atoms with E-state index in [1.165, 1.54) is 11.1 Å². The zero-order valence-electron chi connectivity index (χ0n) is 12.3. The van der Waals surface area contributed by atoms with E-state index in [4.69, 9.17) is 13.3 Å². The third-order valence-corrected chi connectivity index (χ3v) is 6.86. The number of phenolic OH excluding ortho intramolecular Hbond substituents is 1. The largest absolute Gasteiger partial charge is 0.540 e. The second kappa shape index (κ2) is 5.27. The summed E-state index contributed by atoms with van der Waals surface area (Å²) < 4.78 is 16.7. The Kier molecular flexibility index (Phi) is 3.58. The third kappa shape index (κ3) is 2.01. The van der Waals surface area contributed by atoms with E-state index >= 15 is 0 Å². The molecule has 5 heteroatoms. The summed E-state index contributed by atoms with van der Waals surface area (Å²) in [5.41, 5.74) is 4.58. The normalized spacial score (nSPS) is 13.1. The molecule has 2 aromatic rings. The summed E-state index contributed by atoms with van der Waals surface area (Å²) in [7, 11) is 1.58. The predicted octanol–water partition coefficient (Wildman–Crippen LogP) is 2.05. The maximum absolute atomic E-state index is 10.4. The van der Waals surface area contributed by atoms with Crippen LogP contribution in [0.2, 0.25) is 0 Å². The van der Waals surface area contributed by atoms with Gasteiger partial charge >= 0.3 is 8.80 Å². The second-order valence-corrected chi connectivity index (χ2v) is 7.83. The zero-order valence-corrected chi connectivity index (χ0v) is 13.3. The first kappa shape index (κ1) is 14.3. The van der Waals surface area contributed by atoms with Gasteiger partial charge in [-0.05, 0) is 34.7 Å². The lowest BCUT2D eigenvalue weighted by atomic mass is 10.1. The smallest absolute Gasteiger partial charge is 0.508 e. The molecule has 3 rings (SSSR count). The Morgan fingerprint density at radius 1 is 0.905 bits per heavy atom. The quantitative estimate of drug-likeness (QED) is 0.749. The SMILES string of the molecule is CO[Si](OC)(OC)c1c(O)ccc2c1Cc1ccccc1-2. The van der Waals surface area contributed by atoms with Crippen LogP contribution in [0.3, 0.4) is 0 Å². The van der Waals surface area contributed by atoms with E-state index in [9.17, 15) is 5.11 Å². The maximum atomic E-state index is 10.4. The first-order chi connectivity index (χ1) is 10.2. The van der Waals surface area contributed by atoms with Crippen LogP contribution in [0.4, 0.5) is 0 Å². The van der Waals surface area contributed by atoms with Gasteiger partial charge in [0.1, 0.15) is 5.75 Å². The Balaban J connectivity index is 2.25. The number of phenols is 1. The van der Waals surface area contributed by atoms with Crippen molar-refractivity contribution in [2.75, 3.05) is 21.3 Å². The molecule has 0 amide bonds. The van der Waals surface area contributed by atoms with E-state index in [0.717, 1.165) is 17.5 Å². The minimum Gasteiger partial charge on any atom is -0.508 e. The molecule has 0 bridgehead atoms. The monoisotopic (exact) mass is 302 g/mol. The van der Waals surface area contributed by atoms with E-state index in [-0.39, 0.29) is 5.75 Å². The van der Waals surface area contributed by atoms with Crippen molar-refractivity contribution in [3.63, 3.8) is 0 Å². The summed E-state index contributed by atoms with van der Waals surface area (Å²) in [4.78, 5) is 0. The van der Waals surface area contributed by atoms with Crippen molar-refractivity contribution < 1.29 is 18.4 Å². The van der Waals surface area contributed by atoms with Crippen LogP contribution < -0.4 is 5.19 Å². The summed E-state index contributed by atoms with van der Waals surface area (Å²) in [5, 5.41) is 11.0. The summed E-state index contributed by atoms with van der Waals surface area (Å²) >= 11 is 0. The molecule has 1 aliphatic carbocycles. The molecule has 0 aliphatic heterocycles. The van der Waals surface area contributed by atoms with Gasteiger partial charge in [0, 0.05) is 21.3 Å². The molecule has 0 saturated carbocycles. The third-order valence-electron chi connectivity index (χ3n) is 4.08. The van der Waals surface area contributed by atoms with Crippen LogP contribution in [0.5, 0.6) is 5.75 Å². The molecular formula is C16H18O4Si. The molecule has 2 aromatic carbocycles. The van der Waals surface area contributed by atoms with Crippen LogP contribution in [0.15, 0.2) is 36.4 Å². The van der Waals surface area contributed by atoms with Crippen molar-refractivity contribution >= 4 is 14.0 Å². The molecule has 0 atom stereocenters. The first-order valence-electron chi connectivity index (χ1n) is 6.76. The number of fused-ring (bicyclic) bond motifs is 3. The zero-order chi connectivity index (χ0) is 15.0. The fourth-order valence-corrected chi connectivity index (χ4v) is 5.20. The number of hydrogen-bond donors (Lipinski definition) is 1. The lowest BCUT2D eigenvalue weighted by molar-refractivity contribution is 0.139. The lowest BCUT2D eigenvalue weighted by Gasteiger charge is -2.27. The number of aromatic hydroxyl groups is 1. The highest BCUT2D eigenvalue weighted by molar-refractivity contribution is 6.76. The maximum Gasteiger partial charge on any atom is 0.540 e. The Bertz CT molecular complexity index is 672. The highest BCUT2D eigenvalue weighted by Gasteiger charge is 2.46. The molecule has 110 valence electrons. The van der Waals surface area contributed by atoms with Crippen molar-refractivity contribution in [2.45, 2.75) is 6.42 Å². The van der Waals surface area contributed by atoms with E-state index in [0.29, 0.717) is 5.19 Å². The minimum atomic E-state index is -3.08. The first-order valence-corrected chi connectivity index (χ1v) is 8.48. The molecule has 0 saturated heterocycles. The molecular weight excluding hydrogens is 284 g/mol. The molecule has 21 heavy (non-hydrogen) atoms. The topological polar surface area (TPSA) is 47.9 Å². The van der Waals surface area contributed by atoms with Crippen molar-refractivity contribution in [1.82, 2.24) is 0 Å². The van der Waals surface area contributed by atoms with E-state index in [1.807, 2.05) is 18.2 Å². The molecule has 0 heterocycles. The average molecular weight is 302 g/mol. The fraction of sp³-hybridized carbons (Fsp3) is 0.250. The highest BCUT2D eigenvalue weighted by atomic mass is 28.4. The lowest BCUT2D eigenvalue weighted by Crippen LogP contribution is -2.56. The van der Waals surface area contributed by atoms with Gasteiger partial charge in [-0.3, -0.25) is 0 Å². The van der Waals surface area contributed by atoms with Crippen LogP contribution in [-0.2, 0) is 19.7 Å². The summed E-state index contributed by atoms with van der Waals surface area (Å²) in [6.07, 6.45) is 0.750. The Morgan fingerprint density at radius 2 is 1.57 bits per heavy atom. The van der Waals surface area contributed by atoms with E-state index in [2.05, 4.69) is 12.1 Å². The standard InChI is InChI=1S/C16H18O4Si/c1-18-21(19-2,20-3)16-14-10-11-6-4-5-7-12(11)13(14)8-9-15(16)17/h4-9,17H,10H2,1-3H3. The van der Waals surface area contributed by atoms with Gasteiger partial charge in [0.15, 0.2) is 0 Å². The highest BCUT2D eigenvalue weighted by Crippen LogP contribution is 2.38. The molecule has 0 spiro atoms. The summed E-state index contributed by atoms with van der Waals surface area (Å²) in [5.74, 6) is 0.166. The van der Waals surface area contributed by atoms with Crippen LogP contribution in [0.25, 0.3) is 11.1 Å². The number of rotatable bonds is 4. The Hall–Kier alpha value is -1.66. The van der Waals surface area contributed by atoms with Gasteiger partial charge in [-0.2, -0.15) is 0 Å². The Labute approximate surface area is 125 Å². The number of hydrogen-bond acceptors (Lipinski definition) is 4. The molecule has 4 nitrogen and oxygen atoms in total. The number of benzene rings is 2. The summed E-state index contributed by atoms with van der Waals surface area (Å²) in [6.45, 7) is 0. The van der Waals surface area contributed by atoms with Crippen LogP contribution >= 0.6 is 0 Å². The fourth-order valence-electron chi connectivity index (χ4n) is 3.10. The summed E-state index contributed by atoms with van der Waals surface area (Å²) in [6, 6.07) is 11.9. The van der Waals surface area contributed by atoms with Gasteiger partial charge < -0.3 is 18.4 Å². The molecule has 0 unspecified atom stereocenters. The molecule has 0 radical (unpaired) electrons. The van der Waals surface area contributed by atoms with Gasteiger partial charge in [0.2, 0.25) is 0 Å². The minimum absolute atomic E-state index is 0.166. The van der Waals surface area contributed by atoms with Gasteiger partial charge in [0.25, 0.3) is 0 Å². The van der Waals surface area contributed by atoms with Crippen LogP contribution in [-0.4, -0.2) is 35.2 Å². The van der Waals surface area contributed by atoms with E-state index in [1.54, 1.807) is 27.4 Å². The van der Waals surface area contributed by atoms with Crippen molar-refractivity contribution in [3.8, 4) is 16.9 Å². The van der Waals surface area contributed by atoms with Gasteiger partial charge in [-0.1, -0.05) is 30.3 Å². The van der Waals surface area contributed by atoms with Crippen LogP contribution in [0, 0.1) is 0 Å². The van der Waals surface area contributed by atoms with Gasteiger partial charge in [-0.15, -0.1) is 0 Å². The molecule has 1 N–H and O–H groups in total. The second-order valence-electron chi connectivity index (χ2n) is 4.99. The predicted molar refractivity (Wildman–Crippen MR) is 82.8 cm³/mol. The average Bonchev–Trinajstić information content (AvgIpc) is 2.89. The molecule has 0 aromatic heterocycles.